The number of hydrogen-bond donors (Lipinski definition) is 1. The van der Waals surface area contributed by atoms with E-state index in [4.69, 9.17) is 9.47 Å². The van der Waals surface area contributed by atoms with Gasteiger partial charge in [0, 0.05) is 12.3 Å². The van der Waals surface area contributed by atoms with Gasteiger partial charge in [-0.05, 0) is 55.0 Å². The van der Waals surface area contributed by atoms with Gasteiger partial charge < -0.3 is 14.6 Å². The van der Waals surface area contributed by atoms with Gasteiger partial charge >= 0.3 is 18.3 Å². The highest BCUT2D eigenvalue weighted by Gasteiger charge is 2.40. The van der Waals surface area contributed by atoms with E-state index in [1.54, 1.807) is 0 Å². The molecule has 1 atom stereocenters. The van der Waals surface area contributed by atoms with Gasteiger partial charge in [0.1, 0.15) is 12.2 Å². The zero-order valence-corrected chi connectivity index (χ0v) is 19.0. The van der Waals surface area contributed by atoms with Crippen LogP contribution >= 0.6 is 0 Å². The quantitative estimate of drug-likeness (QED) is 0.360. The lowest BCUT2D eigenvalue weighted by molar-refractivity contribution is -0.149. The summed E-state index contributed by atoms with van der Waals surface area (Å²) in [4.78, 5) is 11.3. The lowest BCUT2D eigenvalue weighted by atomic mass is 9.69. The molecule has 35 heavy (non-hydrogen) atoms. The lowest BCUT2D eigenvalue weighted by Crippen LogP contribution is -2.39. The topological polar surface area (TPSA) is 55.8 Å². The maximum absolute atomic E-state index is 13.3. The molecule has 2 aromatic carbocycles. The number of carbonyl (C=O) groups excluding carboxylic acids is 1. The van der Waals surface area contributed by atoms with Gasteiger partial charge in [0.25, 0.3) is 0 Å². The summed E-state index contributed by atoms with van der Waals surface area (Å²) in [5, 5.41) is 9.85. The Bertz CT molecular complexity index is 963. The first-order chi connectivity index (χ1) is 16.3. The molecule has 0 spiro atoms. The molecule has 192 valence electrons. The van der Waals surface area contributed by atoms with Crippen molar-refractivity contribution in [2.24, 2.45) is 0 Å². The molecule has 0 bridgehead atoms. The Balaban J connectivity index is 1.89. The standard InChI is InChI=1S/C25H26F6O4/c1-16(33)35-21-7-9-23(10-8-21,18-5-3-2-4-6-18)15-34-22(14-32)17-11-19(24(26,27)28)13-20(12-17)25(29,30)31/h2-6,11-13,21-22,32H,7-10,14-15H2,1H3. The Hall–Kier alpha value is -2.59. The van der Waals surface area contributed by atoms with Crippen molar-refractivity contribution in [1.29, 1.82) is 0 Å². The van der Waals surface area contributed by atoms with Crippen LogP contribution in [0, 0.1) is 0 Å². The maximum Gasteiger partial charge on any atom is 0.416 e. The molecule has 0 amide bonds. The molecule has 1 fully saturated rings. The molecular weight excluding hydrogens is 478 g/mol. The first-order valence-corrected chi connectivity index (χ1v) is 11.1. The van der Waals surface area contributed by atoms with E-state index in [9.17, 15) is 36.2 Å². The Kier molecular flexibility index (Phi) is 8.16. The molecule has 1 aliphatic rings. The molecule has 10 heteroatoms. The predicted molar refractivity (Wildman–Crippen MR) is 114 cm³/mol. The highest BCUT2D eigenvalue weighted by atomic mass is 19.4. The van der Waals surface area contributed by atoms with Crippen LogP contribution in [0.1, 0.15) is 61.0 Å². The molecule has 2 aromatic rings. The van der Waals surface area contributed by atoms with E-state index in [0.29, 0.717) is 37.8 Å². The van der Waals surface area contributed by atoms with Crippen molar-refractivity contribution in [3.8, 4) is 0 Å². The minimum atomic E-state index is -5.00. The van der Waals surface area contributed by atoms with E-state index in [-0.39, 0.29) is 18.8 Å². The van der Waals surface area contributed by atoms with Gasteiger partial charge in [0.2, 0.25) is 0 Å². The van der Waals surface area contributed by atoms with E-state index in [0.717, 1.165) is 5.56 Å². The number of esters is 1. The van der Waals surface area contributed by atoms with E-state index < -0.39 is 53.1 Å². The number of alkyl halides is 6. The molecule has 1 saturated carbocycles. The van der Waals surface area contributed by atoms with Crippen LogP contribution in [0.4, 0.5) is 26.3 Å². The SMILES string of the molecule is CC(=O)OC1CCC(COC(CO)c2cc(C(F)(F)F)cc(C(F)(F)F)c2)(c2ccccc2)CC1. The highest BCUT2D eigenvalue weighted by Crippen LogP contribution is 2.42. The fourth-order valence-corrected chi connectivity index (χ4v) is 4.48. The Morgan fingerprint density at radius 3 is 2.00 bits per heavy atom. The molecule has 0 aliphatic heterocycles. The summed E-state index contributed by atoms with van der Waals surface area (Å²) < 4.78 is 90.8. The van der Waals surface area contributed by atoms with Gasteiger partial charge in [-0.15, -0.1) is 0 Å². The van der Waals surface area contributed by atoms with Crippen molar-refractivity contribution in [3.05, 3.63) is 70.8 Å². The summed E-state index contributed by atoms with van der Waals surface area (Å²) in [5.41, 5.74) is -3.07. The Labute approximate surface area is 198 Å². The van der Waals surface area contributed by atoms with Crippen molar-refractivity contribution in [3.63, 3.8) is 0 Å². The van der Waals surface area contributed by atoms with Crippen LogP contribution in [0.15, 0.2) is 48.5 Å². The fourth-order valence-electron chi connectivity index (χ4n) is 4.48. The largest absolute Gasteiger partial charge is 0.463 e. The van der Waals surface area contributed by atoms with Crippen LogP contribution in [-0.4, -0.2) is 30.4 Å². The maximum atomic E-state index is 13.3. The summed E-state index contributed by atoms with van der Waals surface area (Å²) >= 11 is 0. The van der Waals surface area contributed by atoms with E-state index >= 15 is 0 Å². The monoisotopic (exact) mass is 504 g/mol. The number of ether oxygens (including phenoxy) is 2. The van der Waals surface area contributed by atoms with E-state index in [1.165, 1.54) is 6.92 Å². The summed E-state index contributed by atoms with van der Waals surface area (Å²) in [6, 6.07) is 10.4. The molecule has 0 aromatic heterocycles. The number of aliphatic hydroxyl groups is 1. The number of hydrogen-bond acceptors (Lipinski definition) is 4. The summed E-state index contributed by atoms with van der Waals surface area (Å²) in [6.07, 6.45) is -9.62. The average molecular weight is 504 g/mol. The Morgan fingerprint density at radius 2 is 1.54 bits per heavy atom. The van der Waals surface area contributed by atoms with Crippen LogP contribution in [0.25, 0.3) is 0 Å². The number of benzene rings is 2. The average Bonchev–Trinajstić information content (AvgIpc) is 2.79. The minimum absolute atomic E-state index is 0.0414. The molecule has 3 rings (SSSR count). The highest BCUT2D eigenvalue weighted by molar-refractivity contribution is 5.66. The smallest absolute Gasteiger partial charge is 0.416 e. The van der Waals surface area contributed by atoms with Crippen LogP contribution in [0.2, 0.25) is 0 Å². The summed E-state index contributed by atoms with van der Waals surface area (Å²) in [5.74, 6) is -0.399. The summed E-state index contributed by atoms with van der Waals surface area (Å²) in [7, 11) is 0. The first kappa shape index (κ1) is 27.0. The van der Waals surface area contributed by atoms with Gasteiger partial charge in [0.05, 0.1) is 24.3 Å². The van der Waals surface area contributed by atoms with Gasteiger partial charge in [-0.2, -0.15) is 26.3 Å². The van der Waals surface area contributed by atoms with Crippen molar-refractivity contribution in [1.82, 2.24) is 0 Å². The van der Waals surface area contributed by atoms with Gasteiger partial charge in [-0.3, -0.25) is 4.79 Å². The molecule has 1 unspecified atom stereocenters. The molecular formula is C25H26F6O4. The fraction of sp³-hybridized carbons (Fsp3) is 0.480. The number of carbonyl (C=O) groups is 1. The van der Waals surface area contributed by atoms with Crippen molar-refractivity contribution >= 4 is 5.97 Å². The molecule has 4 nitrogen and oxygen atoms in total. The second-order valence-electron chi connectivity index (χ2n) is 8.78. The lowest BCUT2D eigenvalue weighted by Gasteiger charge is -2.41. The second-order valence-corrected chi connectivity index (χ2v) is 8.78. The van der Waals surface area contributed by atoms with Crippen molar-refractivity contribution in [2.45, 2.75) is 62.6 Å². The van der Waals surface area contributed by atoms with Gasteiger partial charge in [0.15, 0.2) is 0 Å². The third kappa shape index (κ3) is 6.76. The zero-order chi connectivity index (χ0) is 25.9. The van der Waals surface area contributed by atoms with Crippen LogP contribution in [0.3, 0.4) is 0 Å². The van der Waals surface area contributed by atoms with Crippen LogP contribution < -0.4 is 0 Å². The predicted octanol–water partition coefficient (Wildman–Crippen LogP) is 6.22. The minimum Gasteiger partial charge on any atom is -0.463 e. The Morgan fingerprint density at radius 1 is 1.00 bits per heavy atom. The molecule has 0 radical (unpaired) electrons. The number of halogens is 6. The van der Waals surface area contributed by atoms with E-state index in [1.807, 2.05) is 30.3 Å². The van der Waals surface area contributed by atoms with Gasteiger partial charge in [-0.1, -0.05) is 30.3 Å². The normalized spacial score (nSPS) is 22.0. The first-order valence-electron chi connectivity index (χ1n) is 11.1. The second kappa shape index (κ2) is 10.6. The van der Waals surface area contributed by atoms with Crippen LogP contribution in [0.5, 0.6) is 0 Å². The van der Waals surface area contributed by atoms with Crippen molar-refractivity contribution < 1.29 is 45.7 Å². The summed E-state index contributed by atoms with van der Waals surface area (Å²) in [6.45, 7) is 0.463. The molecule has 1 aliphatic carbocycles. The van der Waals surface area contributed by atoms with Gasteiger partial charge in [-0.25, -0.2) is 0 Å². The van der Waals surface area contributed by atoms with Crippen molar-refractivity contribution in [2.75, 3.05) is 13.2 Å². The third-order valence-corrected chi connectivity index (χ3v) is 6.32. The zero-order valence-electron chi connectivity index (χ0n) is 19.0. The van der Waals surface area contributed by atoms with E-state index in [2.05, 4.69) is 0 Å². The molecule has 0 saturated heterocycles. The third-order valence-electron chi connectivity index (χ3n) is 6.32. The molecule has 1 N–H and O–H groups in total. The number of aliphatic hydroxyl groups excluding tert-OH is 1. The van der Waals surface area contributed by atoms with Crippen LogP contribution in [-0.2, 0) is 32.0 Å². The molecule has 0 heterocycles. The number of rotatable bonds is 7.